The van der Waals surface area contributed by atoms with Gasteiger partial charge in [-0.15, -0.1) is 0 Å². The number of para-hydroxylation sites is 1. The van der Waals surface area contributed by atoms with Gasteiger partial charge < -0.3 is 0 Å². The van der Waals surface area contributed by atoms with Crippen molar-refractivity contribution in [3.8, 4) is 0 Å². The summed E-state index contributed by atoms with van der Waals surface area (Å²) in [6, 6.07) is 10.1. The molecule has 3 aromatic rings. The van der Waals surface area contributed by atoms with E-state index >= 15 is 0 Å². The van der Waals surface area contributed by atoms with E-state index in [4.69, 9.17) is 5.84 Å². The summed E-state index contributed by atoms with van der Waals surface area (Å²) in [7, 11) is 0. The second-order valence-electron chi connectivity index (χ2n) is 4.20. The van der Waals surface area contributed by atoms with E-state index in [0.29, 0.717) is 0 Å². The van der Waals surface area contributed by atoms with Gasteiger partial charge in [-0.3, -0.25) is 10.8 Å². The molecule has 0 aliphatic rings. The molecule has 1 unspecified atom stereocenters. The SMILES string of the molecule is NNC(c1cscc1Br)c1cccc2cccnc12. The monoisotopic (exact) mass is 333 g/mol. The molecule has 1 atom stereocenters. The van der Waals surface area contributed by atoms with Crippen molar-refractivity contribution in [1.29, 1.82) is 0 Å². The van der Waals surface area contributed by atoms with Gasteiger partial charge in [0.05, 0.1) is 11.6 Å². The highest BCUT2D eigenvalue weighted by Gasteiger charge is 2.18. The molecule has 1 aromatic carbocycles. The molecule has 2 heterocycles. The zero-order valence-corrected chi connectivity index (χ0v) is 12.4. The van der Waals surface area contributed by atoms with Crippen molar-refractivity contribution in [3.63, 3.8) is 0 Å². The van der Waals surface area contributed by atoms with Gasteiger partial charge in [0.1, 0.15) is 0 Å². The van der Waals surface area contributed by atoms with Gasteiger partial charge in [-0.25, -0.2) is 5.43 Å². The van der Waals surface area contributed by atoms with Gasteiger partial charge >= 0.3 is 0 Å². The molecule has 96 valence electrons. The highest BCUT2D eigenvalue weighted by molar-refractivity contribution is 9.10. The average Bonchev–Trinajstić information content (AvgIpc) is 2.86. The van der Waals surface area contributed by atoms with Crippen LogP contribution in [0, 0.1) is 0 Å². The van der Waals surface area contributed by atoms with Crippen LogP contribution < -0.4 is 11.3 Å². The van der Waals surface area contributed by atoms with Gasteiger partial charge in [0.15, 0.2) is 0 Å². The Bertz CT molecular complexity index is 705. The van der Waals surface area contributed by atoms with Crippen LogP contribution in [0.25, 0.3) is 10.9 Å². The van der Waals surface area contributed by atoms with E-state index in [9.17, 15) is 0 Å². The summed E-state index contributed by atoms with van der Waals surface area (Å²) in [4.78, 5) is 4.48. The number of halogens is 1. The third-order valence-corrected chi connectivity index (χ3v) is 4.85. The van der Waals surface area contributed by atoms with Gasteiger partial charge in [-0.2, -0.15) is 11.3 Å². The number of fused-ring (bicyclic) bond motifs is 1. The Hall–Kier alpha value is -1.27. The summed E-state index contributed by atoms with van der Waals surface area (Å²) in [5, 5.41) is 5.26. The molecule has 0 amide bonds. The third kappa shape index (κ3) is 2.30. The average molecular weight is 334 g/mol. The maximum atomic E-state index is 5.76. The highest BCUT2D eigenvalue weighted by Crippen LogP contribution is 2.33. The smallest absolute Gasteiger partial charge is 0.0753 e. The number of aromatic nitrogens is 1. The van der Waals surface area contributed by atoms with Crippen molar-refractivity contribution < 1.29 is 0 Å². The Morgan fingerprint density at radius 2 is 2.00 bits per heavy atom. The molecular weight excluding hydrogens is 322 g/mol. The number of nitrogens with one attached hydrogen (secondary N) is 1. The molecule has 0 spiro atoms. The topological polar surface area (TPSA) is 50.9 Å². The Kier molecular flexibility index (Phi) is 3.61. The maximum Gasteiger partial charge on any atom is 0.0753 e. The van der Waals surface area contributed by atoms with Crippen LogP contribution in [-0.2, 0) is 0 Å². The van der Waals surface area contributed by atoms with Crippen LogP contribution in [0.5, 0.6) is 0 Å². The fourth-order valence-electron chi connectivity index (χ4n) is 2.21. The van der Waals surface area contributed by atoms with Crippen LogP contribution in [-0.4, -0.2) is 4.98 Å². The maximum absolute atomic E-state index is 5.76. The first kappa shape index (κ1) is 12.7. The second-order valence-corrected chi connectivity index (χ2v) is 5.80. The van der Waals surface area contributed by atoms with Crippen LogP contribution >= 0.6 is 27.3 Å². The zero-order chi connectivity index (χ0) is 13.2. The summed E-state index contributed by atoms with van der Waals surface area (Å²) in [5.74, 6) is 5.76. The normalized spacial score (nSPS) is 12.7. The van der Waals surface area contributed by atoms with E-state index in [-0.39, 0.29) is 6.04 Å². The molecule has 0 fully saturated rings. The van der Waals surface area contributed by atoms with Gasteiger partial charge in [-0.1, -0.05) is 24.3 Å². The molecule has 0 radical (unpaired) electrons. The van der Waals surface area contributed by atoms with Crippen molar-refractivity contribution in [2.75, 3.05) is 0 Å². The largest absolute Gasteiger partial charge is 0.271 e. The lowest BCUT2D eigenvalue weighted by Crippen LogP contribution is -2.29. The van der Waals surface area contributed by atoms with Crippen LogP contribution in [0.4, 0.5) is 0 Å². The Balaban J connectivity index is 2.20. The molecule has 3 N–H and O–H groups in total. The Labute approximate surface area is 123 Å². The number of hydrogen-bond donors (Lipinski definition) is 2. The molecule has 19 heavy (non-hydrogen) atoms. The summed E-state index contributed by atoms with van der Waals surface area (Å²) in [6.45, 7) is 0. The molecule has 3 rings (SSSR count). The minimum Gasteiger partial charge on any atom is -0.271 e. The van der Waals surface area contributed by atoms with Gasteiger partial charge in [-0.05, 0) is 32.9 Å². The first-order chi connectivity index (χ1) is 9.31. The van der Waals surface area contributed by atoms with Gasteiger partial charge in [0.25, 0.3) is 0 Å². The second kappa shape index (κ2) is 5.38. The van der Waals surface area contributed by atoms with Crippen molar-refractivity contribution >= 4 is 38.2 Å². The molecule has 5 heteroatoms. The van der Waals surface area contributed by atoms with Crippen molar-refractivity contribution in [1.82, 2.24) is 10.4 Å². The lowest BCUT2D eigenvalue weighted by Gasteiger charge is -2.17. The fraction of sp³-hybridized carbons (Fsp3) is 0.0714. The standard InChI is InChI=1S/C14H12BrN3S/c15-12-8-19-7-11(12)14(18-16)10-5-1-3-9-4-2-6-17-13(9)10/h1-8,14,18H,16H2. The lowest BCUT2D eigenvalue weighted by molar-refractivity contribution is 0.640. The van der Waals surface area contributed by atoms with Gasteiger partial charge in [0, 0.05) is 27.0 Å². The Morgan fingerprint density at radius 3 is 2.74 bits per heavy atom. The third-order valence-electron chi connectivity index (χ3n) is 3.09. The van der Waals surface area contributed by atoms with Crippen LogP contribution in [0.2, 0.25) is 0 Å². The molecule has 0 saturated carbocycles. The molecule has 2 aromatic heterocycles. The van der Waals surface area contributed by atoms with Gasteiger partial charge in [0.2, 0.25) is 0 Å². The first-order valence-corrected chi connectivity index (χ1v) is 7.56. The number of nitrogens with zero attached hydrogens (tertiary/aromatic N) is 1. The summed E-state index contributed by atoms with van der Waals surface area (Å²) in [6.07, 6.45) is 1.81. The van der Waals surface area contributed by atoms with E-state index in [0.717, 1.165) is 26.5 Å². The lowest BCUT2D eigenvalue weighted by atomic mass is 9.99. The first-order valence-electron chi connectivity index (χ1n) is 5.82. The number of rotatable bonds is 3. The van der Waals surface area contributed by atoms with Crippen molar-refractivity contribution in [2.45, 2.75) is 6.04 Å². The number of nitrogens with two attached hydrogens (primary N) is 1. The number of hydrazine groups is 1. The predicted octanol–water partition coefficient (Wildman–Crippen LogP) is 3.61. The molecule has 0 aliphatic carbocycles. The van der Waals surface area contributed by atoms with E-state index < -0.39 is 0 Å². The minimum absolute atomic E-state index is 0.0702. The highest BCUT2D eigenvalue weighted by atomic mass is 79.9. The van der Waals surface area contributed by atoms with E-state index in [1.165, 1.54) is 0 Å². The van der Waals surface area contributed by atoms with E-state index in [2.05, 4.69) is 55.3 Å². The molecule has 3 nitrogen and oxygen atoms in total. The van der Waals surface area contributed by atoms with E-state index in [1.807, 2.05) is 18.3 Å². The molecule has 0 bridgehead atoms. The van der Waals surface area contributed by atoms with Crippen molar-refractivity contribution in [3.05, 3.63) is 62.9 Å². The number of hydrogen-bond acceptors (Lipinski definition) is 4. The van der Waals surface area contributed by atoms with Crippen LogP contribution in [0.3, 0.4) is 0 Å². The van der Waals surface area contributed by atoms with Crippen LogP contribution in [0.15, 0.2) is 51.8 Å². The molecule has 0 saturated heterocycles. The summed E-state index contributed by atoms with van der Waals surface area (Å²) in [5.41, 5.74) is 6.08. The number of pyridine rings is 1. The number of thiophene rings is 1. The molecular formula is C14H12BrN3S. The minimum atomic E-state index is -0.0702. The van der Waals surface area contributed by atoms with Crippen LogP contribution in [0.1, 0.15) is 17.2 Å². The van der Waals surface area contributed by atoms with E-state index in [1.54, 1.807) is 11.3 Å². The fourth-order valence-corrected chi connectivity index (χ4v) is 3.76. The summed E-state index contributed by atoms with van der Waals surface area (Å²) >= 11 is 5.21. The molecule has 0 aliphatic heterocycles. The predicted molar refractivity (Wildman–Crippen MR) is 82.9 cm³/mol. The summed E-state index contributed by atoms with van der Waals surface area (Å²) < 4.78 is 1.06. The quantitative estimate of drug-likeness (QED) is 0.568. The zero-order valence-electron chi connectivity index (χ0n) is 10.0. The Morgan fingerprint density at radius 1 is 1.16 bits per heavy atom. The van der Waals surface area contributed by atoms with Crippen molar-refractivity contribution in [2.24, 2.45) is 5.84 Å². The number of benzene rings is 1.